The van der Waals surface area contributed by atoms with Crippen molar-refractivity contribution in [3.63, 3.8) is 0 Å². The second-order valence-electron chi connectivity index (χ2n) is 8.52. The summed E-state index contributed by atoms with van der Waals surface area (Å²) in [4.78, 5) is 30.8. The Bertz CT molecular complexity index is 1480. The number of oxazole rings is 1. The smallest absolute Gasteiger partial charge is 0.276 e. The fraction of sp³-hybridized carbons (Fsp3) is 0.292. The molecule has 3 aromatic heterocycles. The molecule has 0 radical (unpaired) electrons. The summed E-state index contributed by atoms with van der Waals surface area (Å²) in [6.45, 7) is 8.62. The topological polar surface area (TPSA) is 116 Å². The molecule has 0 fully saturated rings. The maximum absolute atomic E-state index is 13.3. The molecule has 9 nitrogen and oxygen atoms in total. The van der Waals surface area contributed by atoms with Crippen LogP contribution in [0.3, 0.4) is 0 Å². The summed E-state index contributed by atoms with van der Waals surface area (Å²) in [7, 11) is 0. The molecule has 0 aliphatic rings. The zero-order chi connectivity index (χ0) is 25.5. The third-order valence-corrected chi connectivity index (χ3v) is 6.17. The van der Waals surface area contributed by atoms with Crippen molar-refractivity contribution in [3.05, 3.63) is 79.3 Å². The van der Waals surface area contributed by atoms with E-state index in [2.05, 4.69) is 35.9 Å². The summed E-state index contributed by atoms with van der Waals surface area (Å²) < 4.78 is 12.4. The van der Waals surface area contributed by atoms with Crippen LogP contribution in [0.15, 0.2) is 44.3 Å². The zero-order valence-electron chi connectivity index (χ0n) is 19.8. The number of nitrogens with zero attached hydrogens (tertiary/aromatic N) is 5. The lowest BCUT2D eigenvalue weighted by Crippen LogP contribution is -2.24. The van der Waals surface area contributed by atoms with Crippen LogP contribution in [-0.4, -0.2) is 29.6 Å². The normalized spacial score (nSPS) is 11.7. The SMILES string of the molecule is Cc1nc(COc2nc(C)n(-c3cc(-c4nc(C(C)(C)O)ncc4C)ccc3Cl)c(=O)c2Br)co1. The lowest BCUT2D eigenvalue weighted by molar-refractivity contribution is 0.0688. The van der Waals surface area contributed by atoms with Crippen LogP contribution in [0, 0.1) is 20.8 Å². The van der Waals surface area contributed by atoms with Crippen molar-refractivity contribution in [3.8, 4) is 22.8 Å². The van der Waals surface area contributed by atoms with Crippen molar-refractivity contribution < 1.29 is 14.3 Å². The Hall–Kier alpha value is -3.08. The molecule has 4 aromatic rings. The van der Waals surface area contributed by atoms with Crippen LogP contribution in [-0.2, 0) is 12.2 Å². The third-order valence-electron chi connectivity index (χ3n) is 5.17. The van der Waals surface area contributed by atoms with Gasteiger partial charge in [-0.2, -0.15) is 4.98 Å². The summed E-state index contributed by atoms with van der Waals surface area (Å²) >= 11 is 9.83. The van der Waals surface area contributed by atoms with Gasteiger partial charge in [0, 0.05) is 18.7 Å². The summed E-state index contributed by atoms with van der Waals surface area (Å²) in [6, 6.07) is 5.25. The molecule has 0 spiro atoms. The average Bonchev–Trinajstić information content (AvgIpc) is 3.21. The quantitative estimate of drug-likeness (QED) is 0.357. The third kappa shape index (κ3) is 5.14. The average molecular weight is 561 g/mol. The van der Waals surface area contributed by atoms with Gasteiger partial charge in [0.2, 0.25) is 5.88 Å². The number of rotatable bonds is 6. The number of aryl methyl sites for hydroxylation is 3. The first-order chi connectivity index (χ1) is 16.5. The van der Waals surface area contributed by atoms with Crippen molar-refractivity contribution in [2.24, 2.45) is 0 Å². The van der Waals surface area contributed by atoms with E-state index in [4.69, 9.17) is 20.8 Å². The van der Waals surface area contributed by atoms with Crippen molar-refractivity contribution in [1.82, 2.24) is 24.5 Å². The van der Waals surface area contributed by atoms with Gasteiger partial charge in [-0.15, -0.1) is 0 Å². The van der Waals surface area contributed by atoms with Crippen molar-refractivity contribution in [2.75, 3.05) is 0 Å². The van der Waals surface area contributed by atoms with E-state index in [0.29, 0.717) is 39.4 Å². The van der Waals surface area contributed by atoms with E-state index in [9.17, 15) is 9.90 Å². The molecule has 11 heteroatoms. The highest BCUT2D eigenvalue weighted by Gasteiger charge is 2.22. The largest absolute Gasteiger partial charge is 0.470 e. The maximum atomic E-state index is 13.3. The number of aromatic nitrogens is 5. The first-order valence-corrected chi connectivity index (χ1v) is 11.8. The highest BCUT2D eigenvalue weighted by molar-refractivity contribution is 9.10. The molecule has 1 aromatic carbocycles. The molecule has 0 bridgehead atoms. The van der Waals surface area contributed by atoms with Gasteiger partial charge in [0.05, 0.1) is 16.4 Å². The van der Waals surface area contributed by atoms with Gasteiger partial charge in [0.25, 0.3) is 5.56 Å². The van der Waals surface area contributed by atoms with E-state index in [1.165, 1.54) is 10.8 Å². The minimum absolute atomic E-state index is 0.0958. The fourth-order valence-electron chi connectivity index (χ4n) is 3.44. The number of aliphatic hydroxyl groups is 1. The molecule has 0 unspecified atom stereocenters. The van der Waals surface area contributed by atoms with Crippen molar-refractivity contribution in [2.45, 2.75) is 46.8 Å². The van der Waals surface area contributed by atoms with Crippen molar-refractivity contribution in [1.29, 1.82) is 0 Å². The first-order valence-electron chi connectivity index (χ1n) is 10.7. The highest BCUT2D eigenvalue weighted by atomic mass is 79.9. The summed E-state index contributed by atoms with van der Waals surface area (Å²) in [5, 5.41) is 10.7. The maximum Gasteiger partial charge on any atom is 0.276 e. The lowest BCUT2D eigenvalue weighted by Gasteiger charge is -2.18. The number of halogens is 2. The van der Waals surface area contributed by atoms with E-state index in [-0.39, 0.29) is 28.3 Å². The van der Waals surface area contributed by atoms with E-state index in [0.717, 1.165) is 5.56 Å². The Kier molecular flexibility index (Phi) is 6.81. The minimum atomic E-state index is -1.21. The van der Waals surface area contributed by atoms with Gasteiger partial charge in [-0.3, -0.25) is 9.36 Å². The molecular formula is C24H23BrClN5O4. The molecule has 0 amide bonds. The van der Waals surface area contributed by atoms with Gasteiger partial charge in [0.1, 0.15) is 34.5 Å². The van der Waals surface area contributed by atoms with Crippen LogP contribution in [0.2, 0.25) is 5.02 Å². The minimum Gasteiger partial charge on any atom is -0.470 e. The number of benzene rings is 1. The van der Waals surface area contributed by atoms with Gasteiger partial charge in [-0.25, -0.2) is 15.0 Å². The van der Waals surface area contributed by atoms with Gasteiger partial charge in [0.15, 0.2) is 11.7 Å². The molecular weight excluding hydrogens is 538 g/mol. The molecule has 0 saturated carbocycles. The molecule has 4 rings (SSSR count). The molecule has 1 N–H and O–H groups in total. The first kappa shape index (κ1) is 25.0. The predicted octanol–water partition coefficient (Wildman–Crippen LogP) is 4.83. The fourth-order valence-corrected chi connectivity index (χ4v) is 4.02. The standard InChI is InChI=1S/C24H23BrClN5O4/c1-12-9-27-23(24(4,5)33)30-20(12)15-6-7-17(26)18(8-15)31-13(2)28-21(19(25)22(31)32)35-11-16-10-34-14(3)29-16/h6-10,33H,11H2,1-5H3. The summed E-state index contributed by atoms with van der Waals surface area (Å²) in [5.41, 5.74) is 1.55. The summed E-state index contributed by atoms with van der Waals surface area (Å²) in [5.74, 6) is 1.32. The van der Waals surface area contributed by atoms with Gasteiger partial charge in [-0.1, -0.05) is 17.7 Å². The molecule has 3 heterocycles. The Morgan fingerprint density at radius 2 is 1.94 bits per heavy atom. The molecule has 0 aliphatic carbocycles. The second-order valence-corrected chi connectivity index (χ2v) is 9.72. The van der Waals surface area contributed by atoms with E-state index >= 15 is 0 Å². The number of hydrogen-bond acceptors (Lipinski definition) is 8. The Morgan fingerprint density at radius 1 is 1.20 bits per heavy atom. The Morgan fingerprint density at radius 3 is 2.60 bits per heavy atom. The van der Waals surface area contributed by atoms with Crippen LogP contribution in [0.1, 0.15) is 42.6 Å². The van der Waals surface area contributed by atoms with Gasteiger partial charge >= 0.3 is 0 Å². The Balaban J connectivity index is 1.76. The van der Waals surface area contributed by atoms with Crippen molar-refractivity contribution >= 4 is 27.5 Å². The highest BCUT2D eigenvalue weighted by Crippen LogP contribution is 2.31. The van der Waals surface area contributed by atoms with E-state index in [1.807, 2.05) is 6.92 Å². The van der Waals surface area contributed by atoms with Gasteiger partial charge in [-0.05, 0) is 61.3 Å². The summed E-state index contributed by atoms with van der Waals surface area (Å²) in [6.07, 6.45) is 3.14. The van der Waals surface area contributed by atoms with Crippen LogP contribution in [0.25, 0.3) is 16.9 Å². The number of ether oxygens (including phenoxy) is 1. The predicted molar refractivity (Wildman–Crippen MR) is 134 cm³/mol. The van der Waals surface area contributed by atoms with E-state index in [1.54, 1.807) is 52.1 Å². The van der Waals surface area contributed by atoms with E-state index < -0.39 is 5.60 Å². The molecule has 0 saturated heterocycles. The Labute approximate surface area is 214 Å². The van der Waals surface area contributed by atoms with Crippen LogP contribution in [0.5, 0.6) is 5.88 Å². The van der Waals surface area contributed by atoms with Crippen LogP contribution < -0.4 is 10.3 Å². The lowest BCUT2D eigenvalue weighted by atomic mass is 10.0. The van der Waals surface area contributed by atoms with Gasteiger partial charge < -0.3 is 14.3 Å². The second kappa shape index (κ2) is 9.52. The number of hydrogen-bond donors (Lipinski definition) is 1. The molecule has 0 atom stereocenters. The molecule has 35 heavy (non-hydrogen) atoms. The van der Waals surface area contributed by atoms with Crippen LogP contribution >= 0.6 is 27.5 Å². The molecule has 0 aliphatic heterocycles. The van der Waals surface area contributed by atoms with Crippen LogP contribution in [0.4, 0.5) is 0 Å². The zero-order valence-corrected chi connectivity index (χ0v) is 22.1. The molecule has 182 valence electrons. The monoisotopic (exact) mass is 559 g/mol.